The van der Waals surface area contributed by atoms with Crippen molar-refractivity contribution in [1.82, 2.24) is 9.80 Å². The summed E-state index contributed by atoms with van der Waals surface area (Å²) >= 11 is 0. The summed E-state index contributed by atoms with van der Waals surface area (Å²) in [7, 11) is 4.50. The summed E-state index contributed by atoms with van der Waals surface area (Å²) in [6.45, 7) is 5.44. The zero-order valence-electron chi connectivity index (χ0n) is 12.2. The van der Waals surface area contributed by atoms with Gasteiger partial charge < -0.3 is 15.4 Å². The lowest BCUT2D eigenvalue weighted by molar-refractivity contribution is 0.000831. The predicted octanol–water partition coefficient (Wildman–Crippen LogP) is 0.909. The molecule has 18 heavy (non-hydrogen) atoms. The number of ether oxygens (including phenoxy) is 1. The number of hydrogen-bond donors (Lipinski definition) is 1. The van der Waals surface area contributed by atoms with Gasteiger partial charge in [-0.1, -0.05) is 0 Å². The molecule has 0 radical (unpaired) electrons. The number of fused-ring (bicyclic) bond motifs is 2. The van der Waals surface area contributed by atoms with Gasteiger partial charge in [0.2, 0.25) is 0 Å². The van der Waals surface area contributed by atoms with Gasteiger partial charge in [0.05, 0.1) is 6.61 Å². The van der Waals surface area contributed by atoms with Crippen LogP contribution in [0.5, 0.6) is 0 Å². The molecule has 2 rings (SSSR count). The second-order valence-corrected chi connectivity index (χ2v) is 6.01. The minimum absolute atomic E-state index is 0.204. The van der Waals surface area contributed by atoms with Crippen LogP contribution in [0.2, 0.25) is 0 Å². The van der Waals surface area contributed by atoms with Crippen LogP contribution in [0, 0.1) is 0 Å². The van der Waals surface area contributed by atoms with Gasteiger partial charge in [-0.05, 0) is 46.7 Å². The molecular formula is C14H29N3O. The van der Waals surface area contributed by atoms with Gasteiger partial charge in [-0.3, -0.25) is 4.90 Å². The lowest BCUT2D eigenvalue weighted by Gasteiger charge is -2.49. The second-order valence-electron chi connectivity index (χ2n) is 6.01. The summed E-state index contributed by atoms with van der Waals surface area (Å²) in [5, 5.41) is 0. The fraction of sp³-hybridized carbons (Fsp3) is 1.00. The quantitative estimate of drug-likeness (QED) is 0.716. The molecule has 0 aromatic rings. The third-order valence-electron chi connectivity index (χ3n) is 5.18. The summed E-state index contributed by atoms with van der Waals surface area (Å²) in [5.41, 5.74) is 6.34. The van der Waals surface area contributed by atoms with Crippen molar-refractivity contribution in [2.45, 2.75) is 50.2 Å². The molecule has 0 aromatic carbocycles. The molecule has 4 heteroatoms. The third-order valence-corrected chi connectivity index (χ3v) is 5.18. The molecule has 0 aromatic heterocycles. The molecule has 0 aliphatic carbocycles. The van der Waals surface area contributed by atoms with Crippen LogP contribution in [0.1, 0.15) is 32.6 Å². The van der Waals surface area contributed by atoms with E-state index in [1.54, 1.807) is 0 Å². The van der Waals surface area contributed by atoms with E-state index in [9.17, 15) is 0 Å². The number of likely N-dealkylation sites (N-methyl/N-ethyl adjacent to an activating group) is 1. The van der Waals surface area contributed by atoms with Crippen molar-refractivity contribution in [3.05, 3.63) is 0 Å². The van der Waals surface area contributed by atoms with Crippen LogP contribution in [0.15, 0.2) is 0 Å². The molecule has 2 bridgehead atoms. The molecule has 2 N–H and O–H groups in total. The highest BCUT2D eigenvalue weighted by Gasteiger charge is 2.47. The fourth-order valence-corrected chi connectivity index (χ4v) is 3.76. The molecule has 2 saturated heterocycles. The van der Waals surface area contributed by atoms with Gasteiger partial charge in [-0.25, -0.2) is 0 Å². The number of hydrogen-bond acceptors (Lipinski definition) is 4. The van der Waals surface area contributed by atoms with Gasteiger partial charge in [-0.15, -0.1) is 0 Å². The summed E-state index contributed by atoms with van der Waals surface area (Å²) in [5.74, 6) is 0. The monoisotopic (exact) mass is 255 g/mol. The van der Waals surface area contributed by atoms with Crippen LogP contribution in [0.4, 0.5) is 0 Å². The molecular weight excluding hydrogens is 226 g/mol. The Hall–Kier alpha value is -0.160. The maximum atomic E-state index is 6.14. The average Bonchev–Trinajstić information content (AvgIpc) is 2.62. The minimum Gasteiger partial charge on any atom is -0.380 e. The Bertz CT molecular complexity index is 258. The first-order valence-corrected chi connectivity index (χ1v) is 7.34. The van der Waals surface area contributed by atoms with Gasteiger partial charge >= 0.3 is 0 Å². The molecule has 0 spiro atoms. The van der Waals surface area contributed by atoms with E-state index in [-0.39, 0.29) is 5.54 Å². The Morgan fingerprint density at radius 2 is 1.94 bits per heavy atom. The van der Waals surface area contributed by atoms with Crippen molar-refractivity contribution in [2.24, 2.45) is 5.73 Å². The van der Waals surface area contributed by atoms with Crippen molar-refractivity contribution in [3.8, 4) is 0 Å². The van der Waals surface area contributed by atoms with Gasteiger partial charge in [0.1, 0.15) is 0 Å². The summed E-state index contributed by atoms with van der Waals surface area (Å²) in [4.78, 5) is 5.03. The maximum Gasteiger partial charge on any atom is 0.0593 e. The van der Waals surface area contributed by atoms with E-state index in [0.717, 1.165) is 38.4 Å². The molecule has 2 aliphatic rings. The van der Waals surface area contributed by atoms with Crippen LogP contribution in [0.3, 0.4) is 0 Å². The molecule has 2 aliphatic heterocycles. The van der Waals surface area contributed by atoms with Crippen LogP contribution in [0.25, 0.3) is 0 Å². The Kier molecular flexibility index (Phi) is 4.64. The predicted molar refractivity (Wildman–Crippen MR) is 74.7 cm³/mol. The first-order chi connectivity index (χ1) is 8.63. The standard InChI is InChI=1S/C14H29N3O/c1-4-18-8-7-16(2)14(11-15)9-12-5-6-13(10-14)17(12)3/h12-13H,4-11,15H2,1-3H3. The first kappa shape index (κ1) is 14.3. The van der Waals surface area contributed by atoms with E-state index < -0.39 is 0 Å². The zero-order chi connectivity index (χ0) is 13.2. The van der Waals surface area contributed by atoms with Crippen LogP contribution in [-0.2, 0) is 4.74 Å². The summed E-state index contributed by atoms with van der Waals surface area (Å²) in [6.07, 6.45) is 5.14. The highest BCUT2D eigenvalue weighted by Crippen LogP contribution is 2.41. The molecule has 106 valence electrons. The Morgan fingerprint density at radius 3 is 2.44 bits per heavy atom. The van der Waals surface area contributed by atoms with Crippen LogP contribution in [-0.4, -0.2) is 67.8 Å². The van der Waals surface area contributed by atoms with Gasteiger partial charge in [0.25, 0.3) is 0 Å². The highest BCUT2D eigenvalue weighted by molar-refractivity contribution is 5.05. The van der Waals surface area contributed by atoms with Gasteiger partial charge in [0, 0.05) is 37.3 Å². The fourth-order valence-electron chi connectivity index (χ4n) is 3.76. The zero-order valence-corrected chi connectivity index (χ0v) is 12.2. The maximum absolute atomic E-state index is 6.14. The van der Waals surface area contributed by atoms with E-state index in [1.807, 2.05) is 0 Å². The highest BCUT2D eigenvalue weighted by atomic mass is 16.5. The topological polar surface area (TPSA) is 41.7 Å². The van der Waals surface area contributed by atoms with Crippen molar-refractivity contribution < 1.29 is 4.74 Å². The average molecular weight is 255 g/mol. The second kappa shape index (κ2) is 5.87. The molecule has 2 atom stereocenters. The van der Waals surface area contributed by atoms with E-state index in [1.165, 1.54) is 25.7 Å². The molecule has 4 nitrogen and oxygen atoms in total. The Labute approximate surface area is 111 Å². The molecule has 2 fully saturated rings. The molecule has 2 unspecified atom stereocenters. The van der Waals surface area contributed by atoms with Crippen molar-refractivity contribution in [3.63, 3.8) is 0 Å². The SMILES string of the molecule is CCOCCN(C)C1(CN)CC2CCC(C1)N2C. The summed E-state index contributed by atoms with van der Waals surface area (Å²) in [6, 6.07) is 1.48. The van der Waals surface area contributed by atoms with E-state index >= 15 is 0 Å². The number of nitrogens with zero attached hydrogens (tertiary/aromatic N) is 2. The van der Waals surface area contributed by atoms with E-state index in [2.05, 4.69) is 30.8 Å². The van der Waals surface area contributed by atoms with Gasteiger partial charge in [0.15, 0.2) is 0 Å². The molecule has 0 amide bonds. The van der Waals surface area contributed by atoms with Gasteiger partial charge in [-0.2, -0.15) is 0 Å². The number of rotatable bonds is 6. The number of piperidine rings is 1. The first-order valence-electron chi connectivity index (χ1n) is 7.34. The largest absolute Gasteiger partial charge is 0.380 e. The van der Waals surface area contributed by atoms with E-state index in [4.69, 9.17) is 10.5 Å². The molecule has 0 saturated carbocycles. The van der Waals surface area contributed by atoms with E-state index in [0.29, 0.717) is 0 Å². The van der Waals surface area contributed by atoms with Crippen molar-refractivity contribution >= 4 is 0 Å². The van der Waals surface area contributed by atoms with Crippen molar-refractivity contribution in [2.75, 3.05) is 40.4 Å². The smallest absolute Gasteiger partial charge is 0.0593 e. The number of nitrogens with two attached hydrogens (primary N) is 1. The van der Waals surface area contributed by atoms with Crippen LogP contribution < -0.4 is 5.73 Å². The lowest BCUT2D eigenvalue weighted by atomic mass is 9.81. The molecule has 2 heterocycles. The minimum atomic E-state index is 0.204. The third kappa shape index (κ3) is 2.57. The lowest BCUT2D eigenvalue weighted by Crippen LogP contribution is -2.61. The normalized spacial score (nSPS) is 36.5. The Balaban J connectivity index is 1.98. The van der Waals surface area contributed by atoms with Crippen molar-refractivity contribution in [1.29, 1.82) is 0 Å². The Morgan fingerprint density at radius 1 is 1.33 bits per heavy atom. The van der Waals surface area contributed by atoms with Crippen LogP contribution >= 0.6 is 0 Å². The summed E-state index contributed by atoms with van der Waals surface area (Å²) < 4.78 is 5.48.